The van der Waals surface area contributed by atoms with Crippen LogP contribution in [0.3, 0.4) is 0 Å². The Morgan fingerprint density at radius 2 is 1.72 bits per heavy atom. The predicted molar refractivity (Wildman–Crippen MR) is 133 cm³/mol. The van der Waals surface area contributed by atoms with Gasteiger partial charge in [-0.1, -0.05) is 36.4 Å². The standard InChI is InChI=1S/C28H29N3O5/c1-18-15-22(19(2)30(18)12-11-20-7-5-4-6-8-20)23(32)17-31-26(33)28(3,29-27(31)34)21-9-10-24-25(16-21)36-14-13-35-24/h4-10,15-16H,11-14,17H2,1-3H3,(H,29,34)/t28-/m0/s1. The number of hydrogen-bond donors (Lipinski definition) is 1. The zero-order chi connectivity index (χ0) is 25.4. The van der Waals surface area contributed by atoms with Gasteiger partial charge in [0, 0.05) is 23.5 Å². The Kier molecular flexibility index (Phi) is 6.04. The highest BCUT2D eigenvalue weighted by atomic mass is 16.6. The van der Waals surface area contributed by atoms with Crippen molar-refractivity contribution >= 4 is 17.7 Å². The Morgan fingerprint density at radius 3 is 2.47 bits per heavy atom. The second-order valence-corrected chi connectivity index (χ2v) is 9.40. The van der Waals surface area contributed by atoms with E-state index >= 15 is 0 Å². The third-order valence-corrected chi connectivity index (χ3v) is 7.04. The van der Waals surface area contributed by atoms with Crippen molar-refractivity contribution < 1.29 is 23.9 Å². The number of carbonyl (C=O) groups excluding carboxylic acids is 3. The van der Waals surface area contributed by atoms with Gasteiger partial charge in [-0.25, -0.2) is 4.79 Å². The molecule has 5 rings (SSSR count). The first-order chi connectivity index (χ1) is 17.3. The molecule has 0 bridgehead atoms. The highest BCUT2D eigenvalue weighted by Gasteiger charge is 2.50. The lowest BCUT2D eigenvalue weighted by Crippen LogP contribution is -2.41. The Morgan fingerprint density at radius 1 is 1.00 bits per heavy atom. The molecule has 2 aromatic carbocycles. The normalized spacial score (nSPS) is 18.9. The van der Waals surface area contributed by atoms with Crippen molar-refractivity contribution in [2.45, 2.75) is 39.3 Å². The van der Waals surface area contributed by atoms with Crippen LogP contribution in [0.1, 0.15) is 39.8 Å². The van der Waals surface area contributed by atoms with Crippen molar-refractivity contribution in [1.82, 2.24) is 14.8 Å². The fraction of sp³-hybridized carbons (Fsp3) is 0.321. The van der Waals surface area contributed by atoms with Crippen molar-refractivity contribution in [2.75, 3.05) is 19.8 Å². The van der Waals surface area contributed by atoms with Crippen LogP contribution in [-0.4, -0.2) is 46.9 Å². The Labute approximate surface area is 209 Å². The summed E-state index contributed by atoms with van der Waals surface area (Å²) < 4.78 is 13.3. The van der Waals surface area contributed by atoms with Gasteiger partial charge in [0.15, 0.2) is 17.3 Å². The fourth-order valence-electron chi connectivity index (χ4n) is 4.93. The highest BCUT2D eigenvalue weighted by molar-refractivity contribution is 6.11. The number of hydrogen-bond acceptors (Lipinski definition) is 5. The monoisotopic (exact) mass is 487 g/mol. The van der Waals surface area contributed by atoms with Gasteiger partial charge in [0.2, 0.25) is 0 Å². The molecule has 3 amide bonds. The number of ketones is 1. The number of fused-ring (bicyclic) bond motifs is 1. The number of aryl methyl sites for hydroxylation is 2. The highest BCUT2D eigenvalue weighted by Crippen LogP contribution is 2.37. The van der Waals surface area contributed by atoms with Gasteiger partial charge in [-0.15, -0.1) is 0 Å². The lowest BCUT2D eigenvalue weighted by molar-refractivity contribution is -0.130. The molecule has 8 nitrogen and oxygen atoms in total. The van der Waals surface area contributed by atoms with Crippen LogP contribution in [0.25, 0.3) is 0 Å². The molecule has 0 radical (unpaired) electrons. The van der Waals surface area contributed by atoms with Gasteiger partial charge in [0.05, 0.1) is 6.54 Å². The number of carbonyl (C=O) groups is 3. The molecule has 1 atom stereocenters. The molecule has 1 saturated heterocycles. The summed E-state index contributed by atoms with van der Waals surface area (Å²) in [4.78, 5) is 40.5. The number of ether oxygens (including phenoxy) is 2. The molecular weight excluding hydrogens is 458 g/mol. The van der Waals surface area contributed by atoms with Crippen LogP contribution in [0.2, 0.25) is 0 Å². The Balaban J connectivity index is 1.32. The van der Waals surface area contributed by atoms with Crippen LogP contribution in [0.4, 0.5) is 4.79 Å². The number of nitrogens with zero attached hydrogens (tertiary/aromatic N) is 2. The van der Waals surface area contributed by atoms with E-state index in [9.17, 15) is 14.4 Å². The number of Topliss-reactive ketones (excluding diaryl/α,β-unsaturated/α-hetero) is 1. The molecule has 1 N–H and O–H groups in total. The van der Waals surface area contributed by atoms with E-state index < -0.39 is 17.5 Å². The zero-order valence-corrected chi connectivity index (χ0v) is 20.7. The second kappa shape index (κ2) is 9.18. The van der Waals surface area contributed by atoms with Crippen molar-refractivity contribution in [2.24, 2.45) is 0 Å². The summed E-state index contributed by atoms with van der Waals surface area (Å²) in [6, 6.07) is 16.6. The molecule has 8 heteroatoms. The van der Waals surface area contributed by atoms with Crippen LogP contribution in [0, 0.1) is 13.8 Å². The van der Waals surface area contributed by atoms with Crippen molar-refractivity contribution in [3.05, 3.63) is 82.7 Å². The number of urea groups is 1. The fourth-order valence-corrected chi connectivity index (χ4v) is 4.93. The third-order valence-electron chi connectivity index (χ3n) is 7.04. The first kappa shape index (κ1) is 23.7. The number of benzene rings is 2. The van der Waals surface area contributed by atoms with E-state index in [-0.39, 0.29) is 12.3 Å². The summed E-state index contributed by atoms with van der Waals surface area (Å²) in [5.41, 5.74) is 2.80. The molecule has 3 aromatic rings. The quantitative estimate of drug-likeness (QED) is 0.405. The predicted octanol–water partition coefficient (Wildman–Crippen LogP) is 3.77. The third kappa shape index (κ3) is 4.12. The van der Waals surface area contributed by atoms with Crippen LogP contribution in [-0.2, 0) is 23.3 Å². The van der Waals surface area contributed by atoms with Gasteiger partial charge in [0.25, 0.3) is 5.91 Å². The molecule has 36 heavy (non-hydrogen) atoms. The molecule has 1 aromatic heterocycles. The van der Waals surface area contributed by atoms with Crippen LogP contribution >= 0.6 is 0 Å². The molecule has 0 saturated carbocycles. The summed E-state index contributed by atoms with van der Waals surface area (Å²) in [7, 11) is 0. The molecule has 3 heterocycles. The van der Waals surface area contributed by atoms with Crippen molar-refractivity contribution in [1.29, 1.82) is 0 Å². The van der Waals surface area contributed by atoms with Crippen LogP contribution in [0.5, 0.6) is 11.5 Å². The molecular formula is C28H29N3O5. The summed E-state index contributed by atoms with van der Waals surface area (Å²) in [6.07, 6.45) is 0.839. The maximum Gasteiger partial charge on any atom is 0.325 e. The number of imide groups is 1. The van der Waals surface area contributed by atoms with E-state index in [1.807, 2.05) is 38.1 Å². The van der Waals surface area contributed by atoms with Gasteiger partial charge < -0.3 is 19.4 Å². The van der Waals surface area contributed by atoms with E-state index in [1.54, 1.807) is 25.1 Å². The minimum absolute atomic E-state index is 0.274. The van der Waals surface area contributed by atoms with Gasteiger partial charge in [-0.05, 0) is 56.5 Å². The summed E-state index contributed by atoms with van der Waals surface area (Å²) in [6.45, 7) is 6.78. The molecule has 2 aliphatic rings. The van der Waals surface area contributed by atoms with Crippen LogP contribution < -0.4 is 14.8 Å². The number of aromatic nitrogens is 1. The average Bonchev–Trinajstić information content (AvgIpc) is 3.29. The van der Waals surface area contributed by atoms with Gasteiger partial charge in [0.1, 0.15) is 18.8 Å². The minimum Gasteiger partial charge on any atom is -0.486 e. The van der Waals surface area contributed by atoms with E-state index in [0.29, 0.717) is 35.8 Å². The molecule has 0 spiro atoms. The first-order valence-corrected chi connectivity index (χ1v) is 12.1. The van der Waals surface area contributed by atoms with E-state index in [4.69, 9.17) is 9.47 Å². The lowest BCUT2D eigenvalue weighted by atomic mass is 9.91. The van der Waals surface area contributed by atoms with E-state index in [2.05, 4.69) is 22.0 Å². The molecule has 1 fully saturated rings. The van der Waals surface area contributed by atoms with Gasteiger partial charge in [-0.3, -0.25) is 14.5 Å². The molecule has 186 valence electrons. The zero-order valence-electron chi connectivity index (χ0n) is 20.7. The largest absolute Gasteiger partial charge is 0.486 e. The van der Waals surface area contributed by atoms with Crippen LogP contribution in [0.15, 0.2) is 54.6 Å². The first-order valence-electron chi connectivity index (χ1n) is 12.1. The second-order valence-electron chi connectivity index (χ2n) is 9.40. The lowest BCUT2D eigenvalue weighted by Gasteiger charge is -2.25. The maximum atomic E-state index is 13.4. The SMILES string of the molecule is Cc1cc(C(=O)CN2C(=O)N[C@@](C)(c3ccc4c(c3)OCCO4)C2=O)c(C)n1CCc1ccccc1. The Hall–Kier alpha value is -4.07. The minimum atomic E-state index is -1.31. The smallest absolute Gasteiger partial charge is 0.325 e. The van der Waals surface area contributed by atoms with E-state index in [1.165, 1.54) is 5.56 Å². The van der Waals surface area contributed by atoms with Crippen molar-refractivity contribution in [3.63, 3.8) is 0 Å². The Bertz CT molecular complexity index is 1350. The number of nitrogens with one attached hydrogen (secondary N) is 1. The van der Waals surface area contributed by atoms with Gasteiger partial charge >= 0.3 is 6.03 Å². The number of rotatable bonds is 7. The summed E-state index contributed by atoms with van der Waals surface area (Å²) >= 11 is 0. The molecule has 0 unspecified atom stereocenters. The average molecular weight is 488 g/mol. The molecule has 0 aliphatic carbocycles. The summed E-state index contributed by atoms with van der Waals surface area (Å²) in [5, 5.41) is 2.76. The maximum absolute atomic E-state index is 13.4. The van der Waals surface area contributed by atoms with Crippen molar-refractivity contribution in [3.8, 4) is 11.5 Å². The molecule has 2 aliphatic heterocycles. The topological polar surface area (TPSA) is 89.9 Å². The number of amides is 3. The van der Waals surface area contributed by atoms with Gasteiger partial charge in [-0.2, -0.15) is 0 Å². The summed E-state index contributed by atoms with van der Waals surface area (Å²) in [5.74, 6) is 0.374. The van der Waals surface area contributed by atoms with E-state index in [0.717, 1.165) is 29.3 Å².